The van der Waals surface area contributed by atoms with Crippen molar-refractivity contribution in [2.75, 3.05) is 43.5 Å². The Morgan fingerprint density at radius 2 is 2.14 bits per heavy atom. The maximum atomic E-state index is 11.0. The third-order valence-corrected chi connectivity index (χ3v) is 2.62. The maximum Gasteiger partial charge on any atom is 0.311 e. The zero-order chi connectivity index (χ0) is 15.5. The van der Waals surface area contributed by atoms with Gasteiger partial charge < -0.3 is 20.5 Å². The second kappa shape index (κ2) is 9.89. The van der Waals surface area contributed by atoms with Crippen LogP contribution in [0, 0.1) is 10.1 Å². The molecule has 0 aliphatic rings. The molecule has 0 spiro atoms. The van der Waals surface area contributed by atoms with Crippen molar-refractivity contribution in [3.63, 3.8) is 0 Å². The van der Waals surface area contributed by atoms with Crippen LogP contribution in [0.25, 0.3) is 0 Å². The molecule has 0 radical (unpaired) electrons. The van der Waals surface area contributed by atoms with E-state index < -0.39 is 4.92 Å². The monoisotopic (exact) mass is 298 g/mol. The fourth-order valence-corrected chi connectivity index (χ4v) is 1.63. The summed E-state index contributed by atoms with van der Waals surface area (Å²) in [4.78, 5) is 14.7. The number of hydrogen-bond donors (Lipinski definition) is 3. The van der Waals surface area contributed by atoms with Crippen LogP contribution >= 0.6 is 0 Å². The Kier molecular flexibility index (Phi) is 8.07. The fraction of sp³-hybridized carbons (Fsp3) is 0.615. The van der Waals surface area contributed by atoms with Crippen LogP contribution in [0.1, 0.15) is 19.8 Å². The van der Waals surface area contributed by atoms with Crippen LogP contribution < -0.4 is 10.6 Å². The molecule has 0 amide bonds. The number of nitrogens with one attached hydrogen (secondary N) is 2. The molecule has 0 saturated carbocycles. The average molecular weight is 298 g/mol. The number of aliphatic hydroxyl groups is 1. The van der Waals surface area contributed by atoms with Gasteiger partial charge in [0.15, 0.2) is 0 Å². The van der Waals surface area contributed by atoms with Crippen molar-refractivity contribution in [3.05, 3.63) is 22.2 Å². The predicted octanol–water partition coefficient (Wildman–Crippen LogP) is 1.62. The SMILES string of the molecule is CCCNc1ccc([N+](=O)[O-])c(NCCCOCCO)n1. The Morgan fingerprint density at radius 3 is 2.81 bits per heavy atom. The quantitative estimate of drug-likeness (QED) is 0.323. The van der Waals surface area contributed by atoms with E-state index >= 15 is 0 Å². The van der Waals surface area contributed by atoms with Crippen molar-refractivity contribution < 1.29 is 14.8 Å². The summed E-state index contributed by atoms with van der Waals surface area (Å²) in [5.41, 5.74) is -0.0478. The van der Waals surface area contributed by atoms with E-state index in [9.17, 15) is 10.1 Å². The summed E-state index contributed by atoms with van der Waals surface area (Å²) >= 11 is 0. The van der Waals surface area contributed by atoms with Crippen molar-refractivity contribution in [3.8, 4) is 0 Å². The van der Waals surface area contributed by atoms with Gasteiger partial charge in [-0.2, -0.15) is 0 Å². The van der Waals surface area contributed by atoms with Gasteiger partial charge in [-0.05, 0) is 18.9 Å². The van der Waals surface area contributed by atoms with E-state index in [1.54, 1.807) is 6.07 Å². The number of aliphatic hydroxyl groups excluding tert-OH is 1. The highest BCUT2D eigenvalue weighted by molar-refractivity contribution is 5.60. The molecule has 21 heavy (non-hydrogen) atoms. The van der Waals surface area contributed by atoms with Gasteiger partial charge in [-0.15, -0.1) is 0 Å². The van der Waals surface area contributed by atoms with Crippen LogP contribution in [0.2, 0.25) is 0 Å². The molecule has 0 aromatic carbocycles. The van der Waals surface area contributed by atoms with Gasteiger partial charge in [0.2, 0.25) is 5.82 Å². The lowest BCUT2D eigenvalue weighted by atomic mass is 10.3. The standard InChI is InChI=1S/C13H22N4O4/c1-2-6-14-12-5-4-11(17(19)20)13(16-12)15-7-3-9-21-10-8-18/h4-5,18H,2-3,6-10H2,1H3,(H2,14,15,16). The Morgan fingerprint density at radius 1 is 1.33 bits per heavy atom. The number of aromatic nitrogens is 1. The molecule has 1 aromatic heterocycles. The van der Waals surface area contributed by atoms with E-state index in [1.165, 1.54) is 6.07 Å². The number of ether oxygens (including phenoxy) is 1. The summed E-state index contributed by atoms with van der Waals surface area (Å²) in [6, 6.07) is 3.04. The highest BCUT2D eigenvalue weighted by Crippen LogP contribution is 2.23. The highest BCUT2D eigenvalue weighted by atomic mass is 16.6. The van der Waals surface area contributed by atoms with Crippen LogP contribution in [0.5, 0.6) is 0 Å². The smallest absolute Gasteiger partial charge is 0.311 e. The van der Waals surface area contributed by atoms with Gasteiger partial charge in [0.05, 0.1) is 18.1 Å². The van der Waals surface area contributed by atoms with Crippen LogP contribution in [0.3, 0.4) is 0 Å². The van der Waals surface area contributed by atoms with Gasteiger partial charge in [-0.3, -0.25) is 10.1 Å². The topological polar surface area (TPSA) is 110 Å². The number of rotatable bonds is 11. The third kappa shape index (κ3) is 6.37. The van der Waals surface area contributed by atoms with Gasteiger partial charge in [0.25, 0.3) is 0 Å². The molecule has 0 fully saturated rings. The first-order valence-electron chi connectivity index (χ1n) is 7.00. The first kappa shape index (κ1) is 17.1. The average Bonchev–Trinajstić information content (AvgIpc) is 2.48. The number of pyridine rings is 1. The summed E-state index contributed by atoms with van der Waals surface area (Å²) in [6.45, 7) is 4.08. The second-order valence-corrected chi connectivity index (χ2v) is 4.36. The minimum Gasteiger partial charge on any atom is -0.394 e. The van der Waals surface area contributed by atoms with E-state index in [0.29, 0.717) is 32.0 Å². The van der Waals surface area contributed by atoms with Crippen LogP contribution in [0.4, 0.5) is 17.3 Å². The largest absolute Gasteiger partial charge is 0.394 e. The molecule has 1 aromatic rings. The lowest BCUT2D eigenvalue weighted by molar-refractivity contribution is -0.384. The fourth-order valence-electron chi connectivity index (χ4n) is 1.63. The second-order valence-electron chi connectivity index (χ2n) is 4.36. The molecule has 0 unspecified atom stereocenters. The van der Waals surface area contributed by atoms with Crippen molar-refractivity contribution in [2.45, 2.75) is 19.8 Å². The summed E-state index contributed by atoms with van der Waals surface area (Å²) in [5.74, 6) is 0.866. The molecule has 3 N–H and O–H groups in total. The predicted molar refractivity (Wildman–Crippen MR) is 80.7 cm³/mol. The number of hydrogen-bond acceptors (Lipinski definition) is 7. The molecule has 1 heterocycles. The van der Waals surface area contributed by atoms with Crippen molar-refractivity contribution in [2.24, 2.45) is 0 Å². The van der Waals surface area contributed by atoms with E-state index in [1.807, 2.05) is 6.92 Å². The Labute approximate surface area is 123 Å². The van der Waals surface area contributed by atoms with Crippen molar-refractivity contribution in [1.82, 2.24) is 4.98 Å². The lowest BCUT2D eigenvalue weighted by Crippen LogP contribution is -2.11. The molecular formula is C13H22N4O4. The highest BCUT2D eigenvalue weighted by Gasteiger charge is 2.15. The Balaban J connectivity index is 2.57. The third-order valence-electron chi connectivity index (χ3n) is 2.62. The normalized spacial score (nSPS) is 10.4. The summed E-state index contributed by atoms with van der Waals surface area (Å²) < 4.78 is 5.12. The number of nitro groups is 1. The van der Waals surface area contributed by atoms with E-state index in [0.717, 1.165) is 13.0 Å². The number of nitrogens with zero attached hydrogens (tertiary/aromatic N) is 2. The summed E-state index contributed by atoms with van der Waals surface area (Å²) in [7, 11) is 0. The van der Waals surface area contributed by atoms with E-state index in [2.05, 4.69) is 15.6 Å². The molecule has 0 aliphatic carbocycles. The molecular weight excluding hydrogens is 276 g/mol. The minimum atomic E-state index is -0.457. The molecule has 0 aliphatic heterocycles. The van der Waals surface area contributed by atoms with Crippen molar-refractivity contribution in [1.29, 1.82) is 0 Å². The molecule has 8 heteroatoms. The Hall–Kier alpha value is -1.93. The van der Waals surface area contributed by atoms with Gasteiger partial charge >= 0.3 is 5.69 Å². The van der Waals surface area contributed by atoms with E-state index in [4.69, 9.17) is 9.84 Å². The minimum absolute atomic E-state index is 0.00833. The van der Waals surface area contributed by atoms with Crippen molar-refractivity contribution >= 4 is 17.3 Å². The first-order valence-corrected chi connectivity index (χ1v) is 7.00. The number of anilines is 2. The molecule has 1 rings (SSSR count). The van der Waals surface area contributed by atoms with Gasteiger partial charge in [0, 0.05) is 25.8 Å². The first-order chi connectivity index (χ1) is 10.2. The molecule has 8 nitrogen and oxygen atoms in total. The van der Waals surface area contributed by atoms with Gasteiger partial charge in [0.1, 0.15) is 5.82 Å². The van der Waals surface area contributed by atoms with Crippen LogP contribution in [-0.2, 0) is 4.74 Å². The van der Waals surface area contributed by atoms with Gasteiger partial charge in [-0.1, -0.05) is 6.92 Å². The molecule has 0 atom stereocenters. The van der Waals surface area contributed by atoms with E-state index in [-0.39, 0.29) is 18.1 Å². The molecule has 0 saturated heterocycles. The summed E-state index contributed by atoms with van der Waals surface area (Å²) in [6.07, 6.45) is 1.62. The zero-order valence-corrected chi connectivity index (χ0v) is 12.2. The van der Waals surface area contributed by atoms with Gasteiger partial charge in [-0.25, -0.2) is 4.98 Å². The molecule has 0 bridgehead atoms. The zero-order valence-electron chi connectivity index (χ0n) is 12.2. The lowest BCUT2D eigenvalue weighted by Gasteiger charge is -2.09. The summed E-state index contributed by atoms with van der Waals surface area (Å²) in [5, 5.41) is 25.6. The molecule has 118 valence electrons. The Bertz CT molecular complexity index is 442. The van der Waals surface area contributed by atoms with Crippen LogP contribution in [-0.4, -0.2) is 47.9 Å². The van der Waals surface area contributed by atoms with Crippen LogP contribution in [0.15, 0.2) is 12.1 Å². The maximum absolute atomic E-state index is 11.0.